The Morgan fingerprint density at radius 2 is 1.93 bits per heavy atom. The molecule has 0 saturated heterocycles. The van der Waals surface area contributed by atoms with E-state index in [0.29, 0.717) is 5.71 Å². The number of nitrogens with zero attached hydrogens (tertiary/aromatic N) is 2. The molecule has 2 aromatic carbocycles. The molecule has 0 fully saturated rings. The maximum absolute atomic E-state index is 5.73. The lowest BCUT2D eigenvalue weighted by Crippen LogP contribution is -2.39. The van der Waals surface area contributed by atoms with E-state index in [2.05, 4.69) is 87.0 Å². The van der Waals surface area contributed by atoms with Crippen LogP contribution in [0.1, 0.15) is 44.4 Å². The third-order valence-electron chi connectivity index (χ3n) is 4.80. The van der Waals surface area contributed by atoms with E-state index in [1.54, 1.807) is 6.08 Å². The lowest BCUT2D eigenvalue weighted by atomic mass is 10.1. The number of hydrogen-bond donors (Lipinski definition) is 1. The molecule has 1 N–H and O–H groups in total. The molecular formula is C27H33N3. The van der Waals surface area contributed by atoms with Crippen LogP contribution in [0.3, 0.4) is 0 Å². The lowest BCUT2D eigenvalue weighted by molar-refractivity contribution is 0.599. The van der Waals surface area contributed by atoms with Gasteiger partial charge in [0.25, 0.3) is 0 Å². The number of anilines is 2. The molecule has 156 valence electrons. The van der Waals surface area contributed by atoms with Gasteiger partial charge < -0.3 is 0 Å². The van der Waals surface area contributed by atoms with Gasteiger partial charge in [-0.05, 0) is 87.9 Å². The summed E-state index contributed by atoms with van der Waals surface area (Å²) in [4.78, 5) is 4.77. The van der Waals surface area contributed by atoms with Crippen molar-refractivity contribution in [2.24, 2.45) is 4.99 Å². The average molecular weight is 400 g/mol. The third kappa shape index (κ3) is 5.72. The summed E-state index contributed by atoms with van der Waals surface area (Å²) in [7, 11) is 0. The minimum Gasteiger partial charge on any atom is -0.277 e. The van der Waals surface area contributed by atoms with Crippen molar-refractivity contribution >= 4 is 22.8 Å². The highest BCUT2D eigenvalue weighted by molar-refractivity contribution is 6.15. The molecule has 2 rings (SSSR count). The van der Waals surface area contributed by atoms with E-state index >= 15 is 0 Å². The first-order valence-corrected chi connectivity index (χ1v) is 10.4. The summed E-state index contributed by atoms with van der Waals surface area (Å²) in [5, 5.41) is 2.13. The smallest absolute Gasteiger partial charge is 0.120 e. The van der Waals surface area contributed by atoms with Crippen LogP contribution in [0, 0.1) is 26.2 Å². The number of aliphatic imine (C=N–C) groups is 1. The van der Waals surface area contributed by atoms with Crippen LogP contribution in [0.4, 0.5) is 17.1 Å². The molecule has 30 heavy (non-hydrogen) atoms. The van der Waals surface area contributed by atoms with E-state index in [1.165, 1.54) is 11.1 Å². The molecule has 0 heterocycles. The molecule has 2 aromatic rings. The number of rotatable bonds is 8. The molecule has 0 amide bonds. The van der Waals surface area contributed by atoms with Crippen LogP contribution in [0.5, 0.6) is 0 Å². The van der Waals surface area contributed by atoms with Crippen molar-refractivity contribution < 1.29 is 0 Å². The first kappa shape index (κ1) is 23.2. The Morgan fingerprint density at radius 1 is 1.20 bits per heavy atom. The number of benzene rings is 2. The second-order valence-corrected chi connectivity index (χ2v) is 7.67. The van der Waals surface area contributed by atoms with Crippen LogP contribution in [0.2, 0.25) is 0 Å². The molecule has 0 aliphatic heterocycles. The van der Waals surface area contributed by atoms with E-state index in [9.17, 15) is 0 Å². The average Bonchev–Trinajstić information content (AvgIpc) is 2.72. The summed E-state index contributed by atoms with van der Waals surface area (Å²) in [5.41, 5.74) is 11.6. The zero-order valence-corrected chi connectivity index (χ0v) is 19.1. The fourth-order valence-corrected chi connectivity index (χ4v) is 3.24. The summed E-state index contributed by atoms with van der Waals surface area (Å²) >= 11 is 0. The highest BCUT2D eigenvalue weighted by atomic mass is 15.5. The van der Waals surface area contributed by atoms with E-state index in [1.807, 2.05) is 19.9 Å². The third-order valence-corrected chi connectivity index (χ3v) is 4.80. The zero-order valence-electron chi connectivity index (χ0n) is 19.1. The van der Waals surface area contributed by atoms with Crippen molar-refractivity contribution in [3.8, 4) is 12.3 Å². The molecule has 3 nitrogen and oxygen atoms in total. The van der Waals surface area contributed by atoms with Gasteiger partial charge in [0, 0.05) is 11.6 Å². The van der Waals surface area contributed by atoms with Gasteiger partial charge in [-0.3, -0.25) is 5.01 Å². The Morgan fingerprint density at radius 3 is 2.50 bits per heavy atom. The van der Waals surface area contributed by atoms with E-state index in [0.717, 1.165) is 34.6 Å². The van der Waals surface area contributed by atoms with Crippen molar-refractivity contribution in [2.45, 2.75) is 54.0 Å². The second-order valence-electron chi connectivity index (χ2n) is 7.67. The fourth-order valence-electron chi connectivity index (χ4n) is 3.24. The summed E-state index contributed by atoms with van der Waals surface area (Å²) in [6.07, 6.45) is 10.4. The quantitative estimate of drug-likeness (QED) is 0.230. The van der Waals surface area contributed by atoms with E-state index in [-0.39, 0.29) is 6.04 Å². The van der Waals surface area contributed by atoms with Gasteiger partial charge in [0.1, 0.15) is 5.71 Å². The Bertz CT molecular complexity index is 1000. The molecule has 0 radical (unpaired) electrons. The first-order valence-electron chi connectivity index (χ1n) is 10.4. The maximum atomic E-state index is 5.73. The van der Waals surface area contributed by atoms with Crippen LogP contribution in [0.25, 0.3) is 0 Å². The normalized spacial score (nSPS) is 12.1. The number of aryl methyl sites for hydroxylation is 3. The Kier molecular flexibility index (Phi) is 8.21. The molecule has 0 bridgehead atoms. The maximum Gasteiger partial charge on any atom is 0.120 e. The largest absolute Gasteiger partial charge is 0.277 e. The minimum absolute atomic E-state index is 0.264. The number of terminal acetylenes is 1. The predicted molar refractivity (Wildman–Crippen MR) is 132 cm³/mol. The molecule has 0 aromatic heterocycles. The monoisotopic (exact) mass is 399 g/mol. The standard InChI is InChI=1S/C27H33N3/c1-9-22-15-20(7)16-25(17-22)30(29-19(5)6)24-14-13-21(8)27(18-24)28-26(12-4)23(10-2)11-3/h4,10-11,13-19,29H,2,9H2,1,3,5-8H3/b23-11+,28-26?. The lowest BCUT2D eigenvalue weighted by Gasteiger charge is -2.29. The Balaban J connectivity index is 2.62. The Hall–Kier alpha value is -3.09. The molecule has 0 unspecified atom stereocenters. The molecular weight excluding hydrogens is 366 g/mol. The molecule has 0 saturated carbocycles. The van der Waals surface area contributed by atoms with Crippen molar-refractivity contribution in [3.05, 3.63) is 77.4 Å². The van der Waals surface area contributed by atoms with Gasteiger partial charge in [-0.2, -0.15) is 0 Å². The van der Waals surface area contributed by atoms with Crippen molar-refractivity contribution in [1.82, 2.24) is 5.43 Å². The van der Waals surface area contributed by atoms with E-state index in [4.69, 9.17) is 11.4 Å². The number of hydrogen-bond acceptors (Lipinski definition) is 3. The van der Waals surface area contributed by atoms with Crippen molar-refractivity contribution in [2.75, 3.05) is 5.01 Å². The molecule has 0 spiro atoms. The highest BCUT2D eigenvalue weighted by Gasteiger charge is 2.14. The van der Waals surface area contributed by atoms with Crippen LogP contribution < -0.4 is 10.4 Å². The van der Waals surface area contributed by atoms with Gasteiger partial charge in [0.05, 0.1) is 17.1 Å². The summed E-state index contributed by atoms with van der Waals surface area (Å²) in [6, 6.07) is 13.2. The highest BCUT2D eigenvalue weighted by Crippen LogP contribution is 2.31. The van der Waals surface area contributed by atoms with Gasteiger partial charge in [0.15, 0.2) is 0 Å². The molecule has 0 aliphatic rings. The van der Waals surface area contributed by atoms with Crippen molar-refractivity contribution in [1.29, 1.82) is 0 Å². The SMILES string of the molecule is C#CC(=Nc1cc(N(NC(C)C)c2cc(C)cc(CC)c2)ccc1C)/C(C=C)=C/C. The number of hydrazine groups is 1. The second kappa shape index (κ2) is 10.6. The first-order chi connectivity index (χ1) is 14.3. The summed E-state index contributed by atoms with van der Waals surface area (Å²) in [5.74, 6) is 2.70. The summed E-state index contributed by atoms with van der Waals surface area (Å²) < 4.78 is 0. The van der Waals surface area contributed by atoms with Gasteiger partial charge in [-0.1, -0.05) is 37.8 Å². The number of nitrogens with one attached hydrogen (secondary N) is 1. The van der Waals surface area contributed by atoms with Crippen LogP contribution >= 0.6 is 0 Å². The molecule has 0 atom stereocenters. The molecule has 3 heteroatoms. The zero-order chi connectivity index (χ0) is 22.3. The number of allylic oxidation sites excluding steroid dienone is 3. The fraction of sp³-hybridized carbons (Fsp3) is 0.296. The van der Waals surface area contributed by atoms with E-state index < -0.39 is 0 Å². The minimum atomic E-state index is 0.264. The van der Waals surface area contributed by atoms with Gasteiger partial charge >= 0.3 is 0 Å². The van der Waals surface area contributed by atoms with Crippen LogP contribution in [0.15, 0.2) is 65.7 Å². The predicted octanol–water partition coefficient (Wildman–Crippen LogP) is 6.75. The van der Waals surface area contributed by atoms with Gasteiger partial charge in [-0.15, -0.1) is 6.42 Å². The van der Waals surface area contributed by atoms with Crippen molar-refractivity contribution in [3.63, 3.8) is 0 Å². The Labute approximate surface area is 182 Å². The van der Waals surface area contributed by atoms with Gasteiger partial charge in [-0.25, -0.2) is 10.4 Å². The van der Waals surface area contributed by atoms with Gasteiger partial charge in [0.2, 0.25) is 0 Å². The summed E-state index contributed by atoms with van der Waals surface area (Å²) in [6.45, 7) is 16.4. The topological polar surface area (TPSA) is 27.6 Å². The van der Waals surface area contributed by atoms with Crippen LogP contribution in [-0.2, 0) is 6.42 Å². The van der Waals surface area contributed by atoms with Crippen LogP contribution in [-0.4, -0.2) is 11.8 Å². The molecule has 0 aliphatic carbocycles.